The van der Waals surface area contributed by atoms with Crippen molar-refractivity contribution in [2.24, 2.45) is 0 Å². The number of phosphoric ester groups is 1. The van der Waals surface area contributed by atoms with Gasteiger partial charge in [-0.2, -0.15) is 0 Å². The van der Waals surface area contributed by atoms with Crippen LogP contribution in [0.2, 0.25) is 0 Å². The number of likely N-dealkylation sites (N-methyl/N-ethyl adjacent to an activating group) is 1. The Balaban J connectivity index is 4.44. The number of hydrogen-bond acceptors (Lipinski definition) is 8. The molecule has 0 saturated heterocycles. The van der Waals surface area contributed by atoms with Gasteiger partial charge in [0.05, 0.1) is 27.7 Å². The topological polar surface area (TPSA) is 129 Å². The van der Waals surface area contributed by atoms with Crippen LogP contribution >= 0.6 is 7.82 Å². The van der Waals surface area contributed by atoms with Gasteiger partial charge in [-0.1, -0.05) is 152 Å². The predicted octanol–water partition coefficient (Wildman–Crippen LogP) is 11.7. The molecule has 0 aromatic carbocycles. The lowest BCUT2D eigenvalue weighted by Gasteiger charge is -2.24. The summed E-state index contributed by atoms with van der Waals surface area (Å²) < 4.78 is 34.2. The normalized spacial score (nSPS) is 14.0. The third-order valence-electron chi connectivity index (χ3n) is 9.42. The standard InChI is InChI=1S/C46H84NO9P/c1-5-6-7-8-9-10-11-12-16-19-22-25-28-31-34-37-45(49)53-42-44(43-55-57(51,52)54-41-39-47(2,3)4)56-46(50)38-35-32-29-26-23-20-17-14-13-15-18-21-24-27-30-33-36-40-48/h13,15,17,20-21,24,26,29,44,48H,5-12,14,16,18-19,22-23,25,27-28,30-43H2,1-4H3/p+1/b15-13-,20-17-,24-21-,29-26-/t44-/m1/s1. The van der Waals surface area contributed by atoms with Crippen LogP contribution < -0.4 is 0 Å². The molecule has 0 rings (SSSR count). The summed E-state index contributed by atoms with van der Waals surface area (Å²) in [5, 5.41) is 8.80. The summed E-state index contributed by atoms with van der Waals surface area (Å²) in [5.41, 5.74) is 0. The third kappa shape index (κ3) is 43.3. The quantitative estimate of drug-likeness (QED) is 0.0203. The van der Waals surface area contributed by atoms with Crippen molar-refractivity contribution in [3.05, 3.63) is 48.6 Å². The minimum atomic E-state index is -4.40. The van der Waals surface area contributed by atoms with Gasteiger partial charge < -0.3 is 24.0 Å². The van der Waals surface area contributed by atoms with Gasteiger partial charge in [0.25, 0.3) is 0 Å². The maximum atomic E-state index is 12.7. The number of rotatable bonds is 41. The lowest BCUT2D eigenvalue weighted by atomic mass is 10.0. The van der Waals surface area contributed by atoms with E-state index in [2.05, 4.69) is 49.5 Å². The second-order valence-corrected chi connectivity index (χ2v) is 17.6. The molecule has 0 radical (unpaired) electrons. The Bertz CT molecular complexity index is 1120. The average molecular weight is 827 g/mol. The molecule has 2 atom stereocenters. The summed E-state index contributed by atoms with van der Waals surface area (Å²) in [5.74, 6) is -0.876. The number of phosphoric acid groups is 1. The van der Waals surface area contributed by atoms with Gasteiger partial charge in [-0.3, -0.25) is 18.6 Å². The molecular formula is C46H85NO9P+. The van der Waals surface area contributed by atoms with Crippen LogP contribution in [0.1, 0.15) is 174 Å². The zero-order valence-electron chi connectivity index (χ0n) is 36.8. The van der Waals surface area contributed by atoms with Gasteiger partial charge in [0.2, 0.25) is 0 Å². The van der Waals surface area contributed by atoms with Crippen LogP contribution in [0, 0.1) is 0 Å². The van der Waals surface area contributed by atoms with E-state index in [1.54, 1.807) is 0 Å². The molecular weight excluding hydrogens is 741 g/mol. The summed E-state index contributed by atoms with van der Waals surface area (Å²) >= 11 is 0. The Morgan fingerprint density at radius 3 is 1.54 bits per heavy atom. The van der Waals surface area contributed by atoms with Crippen LogP contribution in [0.4, 0.5) is 0 Å². The van der Waals surface area contributed by atoms with E-state index in [4.69, 9.17) is 23.6 Å². The highest BCUT2D eigenvalue weighted by Gasteiger charge is 2.27. The number of ether oxygens (including phenoxy) is 2. The Hall–Kier alpha value is -2.07. The summed E-state index contributed by atoms with van der Waals surface area (Å²) in [6.07, 6.45) is 43.2. The van der Waals surface area contributed by atoms with Crippen LogP contribution in [0.15, 0.2) is 48.6 Å². The van der Waals surface area contributed by atoms with Crippen molar-refractivity contribution in [1.29, 1.82) is 0 Å². The molecule has 0 saturated carbocycles. The SMILES string of the molecule is CCCCCCCCCCCCCCCCCC(=O)OC[C@H](COP(=O)(O)OCC[N+](C)(C)C)OC(=O)CCC/C=C\C/C=C\C/C=C\C/C=C\CCCCCO. The number of carbonyl (C=O) groups is 2. The molecule has 0 aliphatic rings. The first kappa shape index (κ1) is 54.9. The first-order valence-corrected chi connectivity index (χ1v) is 24.0. The lowest BCUT2D eigenvalue weighted by Crippen LogP contribution is -2.37. The molecule has 1 unspecified atom stereocenters. The molecule has 0 aromatic heterocycles. The number of allylic oxidation sites excluding steroid dienone is 8. The van der Waals surface area contributed by atoms with Crippen LogP contribution in [0.5, 0.6) is 0 Å². The van der Waals surface area contributed by atoms with E-state index >= 15 is 0 Å². The van der Waals surface area contributed by atoms with Gasteiger partial charge in [-0.25, -0.2) is 4.57 Å². The minimum absolute atomic E-state index is 0.0162. The number of unbranched alkanes of at least 4 members (excludes halogenated alkanes) is 18. The van der Waals surface area contributed by atoms with Gasteiger partial charge in [0, 0.05) is 19.4 Å². The highest BCUT2D eigenvalue weighted by Crippen LogP contribution is 2.43. The van der Waals surface area contributed by atoms with Crippen molar-refractivity contribution in [1.82, 2.24) is 0 Å². The fourth-order valence-corrected chi connectivity index (χ4v) is 6.61. The van der Waals surface area contributed by atoms with Gasteiger partial charge >= 0.3 is 19.8 Å². The highest BCUT2D eigenvalue weighted by molar-refractivity contribution is 7.47. The Labute approximate surface area is 348 Å². The maximum absolute atomic E-state index is 12.7. The second kappa shape index (κ2) is 39.4. The van der Waals surface area contributed by atoms with E-state index in [1.165, 1.54) is 77.0 Å². The van der Waals surface area contributed by atoms with E-state index in [0.717, 1.165) is 64.2 Å². The van der Waals surface area contributed by atoms with E-state index in [1.807, 2.05) is 27.2 Å². The van der Waals surface area contributed by atoms with Gasteiger partial charge in [-0.05, 0) is 57.8 Å². The molecule has 0 heterocycles. The molecule has 0 bridgehead atoms. The second-order valence-electron chi connectivity index (χ2n) is 16.2. The lowest BCUT2D eigenvalue weighted by molar-refractivity contribution is -0.870. The van der Waals surface area contributed by atoms with Crippen molar-refractivity contribution in [2.75, 3.05) is 54.1 Å². The minimum Gasteiger partial charge on any atom is -0.462 e. The predicted molar refractivity (Wildman–Crippen MR) is 235 cm³/mol. The Kier molecular flexibility index (Phi) is 38.0. The average Bonchev–Trinajstić information content (AvgIpc) is 3.16. The van der Waals surface area contributed by atoms with Gasteiger partial charge in [-0.15, -0.1) is 0 Å². The van der Waals surface area contributed by atoms with E-state index < -0.39 is 26.5 Å². The van der Waals surface area contributed by atoms with Gasteiger partial charge in [0.1, 0.15) is 19.8 Å². The van der Waals surface area contributed by atoms with Crippen LogP contribution in [0.25, 0.3) is 0 Å². The molecule has 332 valence electrons. The molecule has 0 aromatic rings. The van der Waals surface area contributed by atoms with Crippen molar-refractivity contribution >= 4 is 19.8 Å². The number of aliphatic hydroxyl groups is 1. The van der Waals surface area contributed by atoms with Crippen LogP contribution in [-0.2, 0) is 32.7 Å². The van der Waals surface area contributed by atoms with Crippen molar-refractivity contribution < 1.29 is 47.2 Å². The van der Waals surface area contributed by atoms with Crippen molar-refractivity contribution in [2.45, 2.75) is 180 Å². The molecule has 11 heteroatoms. The third-order valence-corrected chi connectivity index (χ3v) is 10.4. The molecule has 0 aliphatic carbocycles. The number of carbonyl (C=O) groups excluding carboxylic acids is 2. The fraction of sp³-hybridized carbons (Fsp3) is 0.783. The zero-order chi connectivity index (χ0) is 42.1. The largest absolute Gasteiger partial charge is 0.472 e. The number of aliphatic hydroxyl groups excluding tert-OH is 1. The molecule has 57 heavy (non-hydrogen) atoms. The van der Waals surface area contributed by atoms with E-state index in [0.29, 0.717) is 23.9 Å². The fourth-order valence-electron chi connectivity index (χ4n) is 5.87. The summed E-state index contributed by atoms with van der Waals surface area (Å²) in [4.78, 5) is 35.3. The smallest absolute Gasteiger partial charge is 0.462 e. The first-order chi connectivity index (χ1) is 27.5. The zero-order valence-corrected chi connectivity index (χ0v) is 37.7. The Morgan fingerprint density at radius 2 is 1.04 bits per heavy atom. The number of hydrogen-bond donors (Lipinski definition) is 2. The summed E-state index contributed by atoms with van der Waals surface area (Å²) in [6.45, 7) is 2.36. The van der Waals surface area contributed by atoms with E-state index in [9.17, 15) is 19.0 Å². The molecule has 0 fully saturated rings. The van der Waals surface area contributed by atoms with Gasteiger partial charge in [0.15, 0.2) is 6.10 Å². The molecule has 0 spiro atoms. The number of quaternary nitrogens is 1. The summed E-state index contributed by atoms with van der Waals surface area (Å²) in [6, 6.07) is 0. The highest BCUT2D eigenvalue weighted by atomic mass is 31.2. The van der Waals surface area contributed by atoms with Crippen molar-refractivity contribution in [3.63, 3.8) is 0 Å². The molecule has 2 N–H and O–H groups in total. The van der Waals surface area contributed by atoms with Crippen LogP contribution in [-0.4, -0.2) is 86.6 Å². The molecule has 0 amide bonds. The monoisotopic (exact) mass is 827 g/mol. The van der Waals surface area contributed by atoms with E-state index in [-0.39, 0.29) is 38.6 Å². The summed E-state index contributed by atoms with van der Waals surface area (Å²) in [7, 11) is 1.42. The number of nitrogens with zero attached hydrogens (tertiary/aromatic N) is 1. The Morgan fingerprint density at radius 1 is 0.579 bits per heavy atom. The van der Waals surface area contributed by atoms with Crippen molar-refractivity contribution in [3.8, 4) is 0 Å². The number of esters is 2. The maximum Gasteiger partial charge on any atom is 0.472 e. The molecule has 10 nitrogen and oxygen atoms in total. The molecule has 0 aliphatic heterocycles. The first-order valence-electron chi connectivity index (χ1n) is 22.5. The van der Waals surface area contributed by atoms with Crippen LogP contribution in [0.3, 0.4) is 0 Å².